The van der Waals surface area contributed by atoms with E-state index in [2.05, 4.69) is 4.90 Å². The summed E-state index contributed by atoms with van der Waals surface area (Å²) < 4.78 is 24.9. The molecule has 0 atom stereocenters. The number of rotatable bonds is 8. The Morgan fingerprint density at radius 1 is 1.25 bits per heavy atom. The highest BCUT2D eigenvalue weighted by Crippen LogP contribution is 2.38. The van der Waals surface area contributed by atoms with Crippen molar-refractivity contribution in [2.24, 2.45) is 0 Å². The Morgan fingerprint density at radius 3 is 2.72 bits per heavy atom. The van der Waals surface area contributed by atoms with Crippen LogP contribution in [0.4, 0.5) is 9.52 Å². The quantitative estimate of drug-likeness (QED) is 0.481. The Bertz CT molecular complexity index is 1070. The number of amides is 1. The molecule has 0 N–H and O–H groups in total. The third-order valence-corrected chi connectivity index (χ3v) is 6.97. The van der Waals surface area contributed by atoms with Crippen LogP contribution in [0.5, 0.6) is 5.75 Å². The highest BCUT2D eigenvalue weighted by Gasteiger charge is 2.22. The van der Waals surface area contributed by atoms with Crippen molar-refractivity contribution >= 4 is 44.2 Å². The van der Waals surface area contributed by atoms with Crippen molar-refractivity contribution in [2.45, 2.75) is 12.8 Å². The number of halogens is 2. The number of carbonyl (C=O) groups is 1. The van der Waals surface area contributed by atoms with E-state index in [0.29, 0.717) is 28.0 Å². The number of benzene rings is 2. The molecule has 1 fully saturated rings. The molecule has 1 saturated heterocycles. The molecule has 3 aromatic rings. The van der Waals surface area contributed by atoms with Gasteiger partial charge in [0.25, 0.3) is 0 Å². The SMILES string of the molecule is COc1ccc(Cl)c2sc(N(CCCN3CCOCC3)C(=O)Cc3ccc(F)cc3)nc12. The lowest BCUT2D eigenvalue weighted by molar-refractivity contribution is -0.118. The monoisotopic (exact) mass is 477 g/mol. The third kappa shape index (κ3) is 5.38. The van der Waals surface area contributed by atoms with Gasteiger partial charge in [0.05, 0.1) is 36.5 Å². The van der Waals surface area contributed by atoms with E-state index >= 15 is 0 Å². The number of morpholine rings is 1. The van der Waals surface area contributed by atoms with Crippen LogP contribution in [-0.2, 0) is 16.0 Å². The molecule has 170 valence electrons. The first-order valence-corrected chi connectivity index (χ1v) is 11.7. The van der Waals surface area contributed by atoms with Crippen LogP contribution in [-0.4, -0.2) is 62.3 Å². The highest BCUT2D eigenvalue weighted by atomic mass is 35.5. The van der Waals surface area contributed by atoms with Gasteiger partial charge in [-0.25, -0.2) is 9.37 Å². The predicted octanol–water partition coefficient (Wildman–Crippen LogP) is 4.40. The first-order valence-electron chi connectivity index (χ1n) is 10.5. The molecular formula is C23H25ClFN3O3S. The lowest BCUT2D eigenvalue weighted by Gasteiger charge is -2.27. The number of carbonyl (C=O) groups excluding carboxylic acids is 1. The van der Waals surface area contributed by atoms with Gasteiger partial charge in [-0.3, -0.25) is 14.6 Å². The van der Waals surface area contributed by atoms with Crippen LogP contribution in [0.3, 0.4) is 0 Å². The third-order valence-electron chi connectivity index (χ3n) is 5.43. The molecule has 6 nitrogen and oxygen atoms in total. The maximum absolute atomic E-state index is 13.3. The van der Waals surface area contributed by atoms with Crippen LogP contribution >= 0.6 is 22.9 Å². The molecule has 32 heavy (non-hydrogen) atoms. The molecule has 1 aromatic heterocycles. The fourth-order valence-corrected chi connectivity index (χ4v) is 5.00. The molecule has 0 saturated carbocycles. The molecular weight excluding hydrogens is 453 g/mol. The molecule has 0 bridgehead atoms. The van der Waals surface area contributed by atoms with E-state index in [0.717, 1.165) is 49.5 Å². The second-order valence-corrected chi connectivity index (χ2v) is 8.96. The Hall–Kier alpha value is -2.26. The van der Waals surface area contributed by atoms with E-state index in [1.165, 1.54) is 23.5 Å². The molecule has 0 unspecified atom stereocenters. The molecule has 9 heteroatoms. The summed E-state index contributed by atoms with van der Waals surface area (Å²) >= 11 is 7.77. The average molecular weight is 478 g/mol. The first-order chi connectivity index (χ1) is 15.5. The van der Waals surface area contributed by atoms with Crippen LogP contribution in [0.25, 0.3) is 10.2 Å². The first kappa shape index (κ1) is 22.9. The summed E-state index contributed by atoms with van der Waals surface area (Å²) in [6, 6.07) is 9.56. The molecule has 1 aliphatic heterocycles. The zero-order valence-electron chi connectivity index (χ0n) is 17.9. The second kappa shape index (κ2) is 10.6. The summed E-state index contributed by atoms with van der Waals surface area (Å²) in [6.45, 7) is 4.68. The maximum Gasteiger partial charge on any atom is 0.233 e. The molecule has 4 rings (SSSR count). The van der Waals surface area contributed by atoms with Crippen LogP contribution in [0.15, 0.2) is 36.4 Å². The van der Waals surface area contributed by atoms with E-state index < -0.39 is 0 Å². The van der Waals surface area contributed by atoms with Gasteiger partial charge in [-0.2, -0.15) is 0 Å². The number of anilines is 1. The molecule has 2 aromatic carbocycles. The second-order valence-electron chi connectivity index (χ2n) is 7.58. The van der Waals surface area contributed by atoms with Gasteiger partial charge >= 0.3 is 0 Å². The lowest BCUT2D eigenvalue weighted by atomic mass is 10.1. The number of methoxy groups -OCH3 is 1. The van der Waals surface area contributed by atoms with Gasteiger partial charge in [0.15, 0.2) is 5.13 Å². The minimum absolute atomic E-state index is 0.0901. The van der Waals surface area contributed by atoms with E-state index in [4.69, 9.17) is 26.1 Å². The minimum Gasteiger partial charge on any atom is -0.494 e. The van der Waals surface area contributed by atoms with Crippen LogP contribution in [0.1, 0.15) is 12.0 Å². The van der Waals surface area contributed by atoms with Gasteiger partial charge in [-0.05, 0) is 36.2 Å². The molecule has 2 heterocycles. The van der Waals surface area contributed by atoms with E-state index in [9.17, 15) is 9.18 Å². The Kier molecular flexibility index (Phi) is 7.57. The van der Waals surface area contributed by atoms with Crippen molar-refractivity contribution < 1.29 is 18.7 Å². The smallest absolute Gasteiger partial charge is 0.233 e. The van der Waals surface area contributed by atoms with Crippen molar-refractivity contribution in [3.63, 3.8) is 0 Å². The Balaban J connectivity index is 1.57. The summed E-state index contributed by atoms with van der Waals surface area (Å²) in [6.07, 6.45) is 0.967. The van der Waals surface area contributed by atoms with Crippen molar-refractivity contribution in [3.8, 4) is 5.75 Å². The zero-order valence-corrected chi connectivity index (χ0v) is 19.4. The number of hydrogen-bond donors (Lipinski definition) is 0. The topological polar surface area (TPSA) is 54.9 Å². The predicted molar refractivity (Wildman–Crippen MR) is 126 cm³/mol. The molecule has 0 radical (unpaired) electrons. The van der Waals surface area contributed by atoms with E-state index in [-0.39, 0.29) is 18.1 Å². The fourth-order valence-electron chi connectivity index (χ4n) is 3.70. The summed E-state index contributed by atoms with van der Waals surface area (Å²) in [7, 11) is 1.58. The number of fused-ring (bicyclic) bond motifs is 1. The van der Waals surface area contributed by atoms with Crippen molar-refractivity contribution in [2.75, 3.05) is 51.4 Å². The van der Waals surface area contributed by atoms with Gasteiger partial charge < -0.3 is 9.47 Å². The van der Waals surface area contributed by atoms with E-state index in [1.54, 1.807) is 36.3 Å². The van der Waals surface area contributed by atoms with Gasteiger partial charge in [-0.1, -0.05) is 35.1 Å². The maximum atomic E-state index is 13.3. The number of ether oxygens (including phenoxy) is 2. The summed E-state index contributed by atoms with van der Waals surface area (Å²) in [4.78, 5) is 22.1. The van der Waals surface area contributed by atoms with Gasteiger partial charge in [0, 0.05) is 26.2 Å². The van der Waals surface area contributed by atoms with Crippen LogP contribution in [0.2, 0.25) is 5.02 Å². The lowest BCUT2D eigenvalue weighted by Crippen LogP contribution is -2.39. The zero-order chi connectivity index (χ0) is 22.5. The van der Waals surface area contributed by atoms with Crippen molar-refractivity contribution in [3.05, 3.63) is 52.8 Å². The van der Waals surface area contributed by atoms with Crippen molar-refractivity contribution in [1.29, 1.82) is 0 Å². The average Bonchev–Trinajstić information content (AvgIpc) is 3.25. The van der Waals surface area contributed by atoms with Gasteiger partial charge in [0.1, 0.15) is 17.1 Å². The van der Waals surface area contributed by atoms with Gasteiger partial charge in [-0.15, -0.1) is 0 Å². The minimum atomic E-state index is -0.323. The highest BCUT2D eigenvalue weighted by molar-refractivity contribution is 7.23. The van der Waals surface area contributed by atoms with Crippen LogP contribution < -0.4 is 9.64 Å². The normalized spacial score (nSPS) is 14.6. The molecule has 1 amide bonds. The Labute approximate surface area is 195 Å². The summed E-state index contributed by atoms with van der Waals surface area (Å²) in [5.41, 5.74) is 1.40. The number of hydrogen-bond acceptors (Lipinski definition) is 6. The number of thiazole rings is 1. The van der Waals surface area contributed by atoms with Gasteiger partial charge in [0.2, 0.25) is 5.91 Å². The van der Waals surface area contributed by atoms with Crippen LogP contribution in [0, 0.1) is 5.82 Å². The largest absolute Gasteiger partial charge is 0.494 e. The van der Waals surface area contributed by atoms with Crippen molar-refractivity contribution in [1.82, 2.24) is 9.88 Å². The molecule has 0 spiro atoms. The summed E-state index contributed by atoms with van der Waals surface area (Å²) in [5.74, 6) is 0.204. The Morgan fingerprint density at radius 2 is 2.00 bits per heavy atom. The number of aromatic nitrogens is 1. The summed E-state index contributed by atoms with van der Waals surface area (Å²) in [5, 5.41) is 1.16. The molecule has 0 aliphatic carbocycles. The van der Waals surface area contributed by atoms with E-state index in [1.807, 2.05) is 0 Å². The number of nitrogens with zero attached hydrogens (tertiary/aromatic N) is 3. The molecule has 1 aliphatic rings. The fraction of sp³-hybridized carbons (Fsp3) is 0.391. The standard InChI is InChI=1S/C23H25ClFN3O3S/c1-30-19-8-7-18(24)22-21(19)26-23(32-22)28(10-2-9-27-11-13-31-14-12-27)20(29)15-16-3-5-17(25)6-4-16/h3-8H,2,9-15H2,1H3.